The summed E-state index contributed by atoms with van der Waals surface area (Å²) in [5, 5.41) is 0. The van der Waals surface area contributed by atoms with Crippen LogP contribution in [0.1, 0.15) is 13.3 Å². The van der Waals surface area contributed by atoms with E-state index in [0.717, 1.165) is 38.4 Å². The molecule has 1 aromatic heterocycles. The molecule has 0 spiro atoms. The molecule has 4 heteroatoms. The van der Waals surface area contributed by atoms with Crippen molar-refractivity contribution in [2.75, 3.05) is 31.1 Å². The van der Waals surface area contributed by atoms with Crippen LogP contribution in [-0.2, 0) is 0 Å². The fourth-order valence-corrected chi connectivity index (χ4v) is 2.03. The molecule has 17 heavy (non-hydrogen) atoms. The monoisotopic (exact) mass is 235 g/mol. The lowest BCUT2D eigenvalue weighted by atomic mass is 10.2. The molecule has 3 nitrogen and oxygen atoms in total. The first kappa shape index (κ1) is 11.9. The van der Waals surface area contributed by atoms with Gasteiger partial charge in [-0.2, -0.15) is 0 Å². The van der Waals surface area contributed by atoms with Crippen molar-refractivity contribution in [3.63, 3.8) is 0 Å². The average Bonchev–Trinajstić information content (AvgIpc) is 2.39. The molecule has 0 radical (unpaired) electrons. The molecule has 1 aliphatic heterocycles. The van der Waals surface area contributed by atoms with Gasteiger partial charge in [0.25, 0.3) is 0 Å². The van der Waals surface area contributed by atoms with Gasteiger partial charge in [0.15, 0.2) is 0 Å². The van der Waals surface area contributed by atoms with Crippen LogP contribution >= 0.6 is 0 Å². The molecule has 0 amide bonds. The standard InChI is InChI=1S/C13H18FN3/c1-3-11(2)16-6-8-17(9-7-16)13-5-4-12(14)10-15-13/h4-5,10H,2-3,6-9H2,1H3. The molecule has 1 saturated heterocycles. The molecule has 1 fully saturated rings. The van der Waals surface area contributed by atoms with E-state index in [1.807, 2.05) is 0 Å². The Bertz CT molecular complexity index is 380. The van der Waals surface area contributed by atoms with Gasteiger partial charge < -0.3 is 9.80 Å². The predicted molar refractivity (Wildman–Crippen MR) is 67.4 cm³/mol. The number of hydrogen-bond acceptors (Lipinski definition) is 3. The lowest BCUT2D eigenvalue weighted by molar-refractivity contribution is 0.314. The second-order valence-corrected chi connectivity index (χ2v) is 4.23. The highest BCUT2D eigenvalue weighted by molar-refractivity contribution is 5.38. The number of halogens is 1. The summed E-state index contributed by atoms with van der Waals surface area (Å²) in [7, 11) is 0. The van der Waals surface area contributed by atoms with Gasteiger partial charge in [-0.05, 0) is 18.6 Å². The van der Waals surface area contributed by atoms with Gasteiger partial charge in [-0.15, -0.1) is 0 Å². The summed E-state index contributed by atoms with van der Waals surface area (Å²) in [6.45, 7) is 9.93. The Labute approximate surface area is 102 Å². The maximum absolute atomic E-state index is 12.8. The third-order valence-corrected chi connectivity index (χ3v) is 3.17. The van der Waals surface area contributed by atoms with Gasteiger partial charge in [0, 0.05) is 31.9 Å². The number of rotatable bonds is 3. The first-order chi connectivity index (χ1) is 8.20. The van der Waals surface area contributed by atoms with E-state index in [2.05, 4.69) is 28.3 Å². The third-order valence-electron chi connectivity index (χ3n) is 3.17. The minimum absolute atomic E-state index is 0.285. The molecule has 2 heterocycles. The Morgan fingerprint density at radius 1 is 1.35 bits per heavy atom. The van der Waals surface area contributed by atoms with Crippen molar-refractivity contribution in [2.45, 2.75) is 13.3 Å². The van der Waals surface area contributed by atoms with Crippen LogP contribution in [0.5, 0.6) is 0 Å². The van der Waals surface area contributed by atoms with Crippen molar-refractivity contribution >= 4 is 5.82 Å². The quantitative estimate of drug-likeness (QED) is 0.801. The zero-order valence-corrected chi connectivity index (χ0v) is 10.2. The van der Waals surface area contributed by atoms with E-state index < -0.39 is 0 Å². The number of piperazine rings is 1. The molecule has 0 saturated carbocycles. The molecule has 0 unspecified atom stereocenters. The Balaban J connectivity index is 1.95. The van der Waals surface area contributed by atoms with Crippen LogP contribution < -0.4 is 4.90 Å². The fourth-order valence-electron chi connectivity index (χ4n) is 2.03. The number of anilines is 1. The Kier molecular flexibility index (Phi) is 3.61. The molecule has 0 atom stereocenters. The summed E-state index contributed by atoms with van der Waals surface area (Å²) >= 11 is 0. The van der Waals surface area contributed by atoms with Crippen molar-refractivity contribution in [3.05, 3.63) is 36.4 Å². The predicted octanol–water partition coefficient (Wildman–Crippen LogP) is 2.27. The highest BCUT2D eigenvalue weighted by atomic mass is 19.1. The SMILES string of the molecule is C=C(CC)N1CCN(c2ccc(F)cn2)CC1. The van der Waals surface area contributed by atoms with Crippen molar-refractivity contribution in [1.29, 1.82) is 0 Å². The van der Waals surface area contributed by atoms with E-state index >= 15 is 0 Å². The van der Waals surface area contributed by atoms with Gasteiger partial charge in [0.05, 0.1) is 6.20 Å². The lowest BCUT2D eigenvalue weighted by Crippen LogP contribution is -2.45. The Morgan fingerprint density at radius 2 is 2.06 bits per heavy atom. The van der Waals surface area contributed by atoms with Gasteiger partial charge >= 0.3 is 0 Å². The highest BCUT2D eigenvalue weighted by Crippen LogP contribution is 2.16. The van der Waals surface area contributed by atoms with E-state index in [0.29, 0.717) is 0 Å². The number of pyridine rings is 1. The zero-order valence-electron chi connectivity index (χ0n) is 10.2. The normalized spacial score (nSPS) is 16.1. The molecule has 0 bridgehead atoms. The molecule has 1 aliphatic rings. The summed E-state index contributed by atoms with van der Waals surface area (Å²) < 4.78 is 12.8. The second kappa shape index (κ2) is 5.17. The van der Waals surface area contributed by atoms with Crippen molar-refractivity contribution in [1.82, 2.24) is 9.88 Å². The van der Waals surface area contributed by atoms with Crippen LogP contribution in [0.2, 0.25) is 0 Å². The zero-order chi connectivity index (χ0) is 12.3. The van der Waals surface area contributed by atoms with E-state index in [9.17, 15) is 4.39 Å². The van der Waals surface area contributed by atoms with E-state index in [-0.39, 0.29) is 5.82 Å². The molecule has 0 aliphatic carbocycles. The summed E-state index contributed by atoms with van der Waals surface area (Å²) in [4.78, 5) is 8.59. The largest absolute Gasteiger partial charge is 0.372 e. The lowest BCUT2D eigenvalue weighted by Gasteiger charge is -2.37. The summed E-state index contributed by atoms with van der Waals surface area (Å²) in [6.07, 6.45) is 2.27. The van der Waals surface area contributed by atoms with Crippen molar-refractivity contribution in [2.24, 2.45) is 0 Å². The number of allylic oxidation sites excluding steroid dienone is 1. The molecular weight excluding hydrogens is 217 g/mol. The van der Waals surface area contributed by atoms with Crippen molar-refractivity contribution < 1.29 is 4.39 Å². The Morgan fingerprint density at radius 3 is 2.59 bits per heavy atom. The first-order valence-electron chi connectivity index (χ1n) is 6.00. The molecule has 92 valence electrons. The van der Waals surface area contributed by atoms with Crippen LogP contribution in [0.3, 0.4) is 0 Å². The maximum atomic E-state index is 12.8. The number of aromatic nitrogens is 1. The summed E-state index contributed by atoms with van der Waals surface area (Å²) in [6, 6.07) is 3.19. The first-order valence-corrected chi connectivity index (χ1v) is 6.00. The minimum atomic E-state index is -0.285. The summed E-state index contributed by atoms with van der Waals surface area (Å²) in [5.41, 5.74) is 1.19. The van der Waals surface area contributed by atoms with Crippen LogP contribution in [0.25, 0.3) is 0 Å². The average molecular weight is 235 g/mol. The van der Waals surface area contributed by atoms with Gasteiger partial charge in [0.1, 0.15) is 11.6 Å². The molecule has 1 aromatic rings. The minimum Gasteiger partial charge on any atom is -0.372 e. The van der Waals surface area contributed by atoms with Crippen LogP contribution in [0, 0.1) is 5.82 Å². The van der Waals surface area contributed by atoms with Crippen LogP contribution in [0.4, 0.5) is 10.2 Å². The maximum Gasteiger partial charge on any atom is 0.141 e. The van der Waals surface area contributed by atoms with E-state index in [1.54, 1.807) is 6.07 Å². The fraction of sp³-hybridized carbons (Fsp3) is 0.462. The topological polar surface area (TPSA) is 19.4 Å². The smallest absolute Gasteiger partial charge is 0.141 e. The second-order valence-electron chi connectivity index (χ2n) is 4.23. The molecular formula is C13H18FN3. The number of nitrogens with zero attached hydrogens (tertiary/aromatic N) is 3. The molecule has 0 aromatic carbocycles. The van der Waals surface area contributed by atoms with Gasteiger partial charge in [-0.25, -0.2) is 9.37 Å². The summed E-state index contributed by atoms with van der Waals surface area (Å²) in [5.74, 6) is 0.569. The van der Waals surface area contributed by atoms with Crippen LogP contribution in [0.15, 0.2) is 30.6 Å². The van der Waals surface area contributed by atoms with Crippen molar-refractivity contribution in [3.8, 4) is 0 Å². The van der Waals surface area contributed by atoms with Crippen LogP contribution in [-0.4, -0.2) is 36.1 Å². The third kappa shape index (κ3) is 2.75. The molecule has 2 rings (SSSR count). The highest BCUT2D eigenvalue weighted by Gasteiger charge is 2.17. The van der Waals surface area contributed by atoms with E-state index in [4.69, 9.17) is 0 Å². The Hall–Kier alpha value is -1.58. The van der Waals surface area contributed by atoms with Gasteiger partial charge in [-0.3, -0.25) is 0 Å². The molecule has 0 N–H and O–H groups in total. The van der Waals surface area contributed by atoms with Gasteiger partial charge in [0.2, 0.25) is 0 Å². The number of hydrogen-bond donors (Lipinski definition) is 0. The van der Waals surface area contributed by atoms with E-state index in [1.165, 1.54) is 18.0 Å². The van der Waals surface area contributed by atoms with Gasteiger partial charge in [-0.1, -0.05) is 13.5 Å².